The fourth-order valence-electron chi connectivity index (χ4n) is 1.87. The third-order valence-corrected chi connectivity index (χ3v) is 4.28. The first kappa shape index (κ1) is 14.3. The van der Waals surface area contributed by atoms with Gasteiger partial charge in [0.25, 0.3) is 0 Å². The molecule has 0 N–H and O–H groups in total. The Morgan fingerprint density at radius 3 is 2.42 bits per heavy atom. The van der Waals surface area contributed by atoms with Crippen LogP contribution in [-0.4, -0.2) is 5.78 Å². The smallest absolute Gasteiger partial charge is 0.194 e. The summed E-state index contributed by atoms with van der Waals surface area (Å²) in [5, 5.41) is 0.491. The monoisotopic (exact) mass is 336 g/mol. The number of halogens is 2. The molecular weight excluding hydrogens is 324 g/mol. The summed E-state index contributed by atoms with van der Waals surface area (Å²) in [6, 6.07) is 11.2. The highest BCUT2D eigenvalue weighted by Gasteiger charge is 2.14. The highest BCUT2D eigenvalue weighted by Crippen LogP contribution is 2.27. The van der Waals surface area contributed by atoms with E-state index in [0.29, 0.717) is 16.1 Å². The first-order valence-corrected chi connectivity index (χ1v) is 7.29. The van der Waals surface area contributed by atoms with Gasteiger partial charge in [-0.05, 0) is 36.6 Å². The molecule has 2 rings (SSSR count). The van der Waals surface area contributed by atoms with Crippen molar-refractivity contribution in [1.29, 1.82) is 0 Å². The number of rotatable bonds is 3. The Morgan fingerprint density at radius 1 is 1.21 bits per heavy atom. The van der Waals surface area contributed by atoms with E-state index in [4.69, 9.17) is 11.6 Å². The molecule has 0 aliphatic rings. The zero-order chi connectivity index (χ0) is 14.0. The molecule has 0 unspecified atom stereocenters. The van der Waals surface area contributed by atoms with Crippen molar-refractivity contribution in [2.45, 2.75) is 20.3 Å². The lowest BCUT2D eigenvalue weighted by molar-refractivity contribution is 0.103. The van der Waals surface area contributed by atoms with Gasteiger partial charge in [0.1, 0.15) is 0 Å². The van der Waals surface area contributed by atoms with Crippen LogP contribution in [0.3, 0.4) is 0 Å². The van der Waals surface area contributed by atoms with Gasteiger partial charge in [0.2, 0.25) is 0 Å². The van der Waals surface area contributed by atoms with Crippen LogP contribution in [0.2, 0.25) is 5.02 Å². The Morgan fingerprint density at radius 2 is 1.84 bits per heavy atom. The van der Waals surface area contributed by atoms with E-state index in [0.717, 1.165) is 16.5 Å². The average Bonchev–Trinajstić information content (AvgIpc) is 2.42. The van der Waals surface area contributed by atoms with Gasteiger partial charge < -0.3 is 0 Å². The standard InChI is InChI=1S/C16H14BrClO/c1-3-11-4-6-12(7-5-11)16(19)13-9-14(17)10(2)8-15(13)18/h4-9H,3H2,1-2H3. The van der Waals surface area contributed by atoms with Crippen LogP contribution in [0, 0.1) is 6.92 Å². The van der Waals surface area contributed by atoms with E-state index in [2.05, 4.69) is 22.9 Å². The average molecular weight is 338 g/mol. The predicted octanol–water partition coefficient (Wildman–Crippen LogP) is 5.20. The summed E-state index contributed by atoms with van der Waals surface area (Å²) >= 11 is 9.60. The van der Waals surface area contributed by atoms with Gasteiger partial charge in [-0.15, -0.1) is 0 Å². The number of hydrogen-bond acceptors (Lipinski definition) is 1. The minimum absolute atomic E-state index is 0.0478. The molecule has 0 aromatic heterocycles. The first-order chi connectivity index (χ1) is 9.02. The Labute approximate surface area is 126 Å². The van der Waals surface area contributed by atoms with Crippen LogP contribution in [-0.2, 0) is 6.42 Å². The Kier molecular flexibility index (Phi) is 4.43. The van der Waals surface area contributed by atoms with E-state index in [1.807, 2.05) is 31.2 Å². The van der Waals surface area contributed by atoms with Crippen molar-refractivity contribution in [2.75, 3.05) is 0 Å². The first-order valence-electron chi connectivity index (χ1n) is 6.12. The minimum atomic E-state index is -0.0478. The highest BCUT2D eigenvalue weighted by molar-refractivity contribution is 9.10. The van der Waals surface area contributed by atoms with Gasteiger partial charge in [-0.1, -0.05) is 58.7 Å². The van der Waals surface area contributed by atoms with Crippen molar-refractivity contribution in [2.24, 2.45) is 0 Å². The summed E-state index contributed by atoms with van der Waals surface area (Å²) < 4.78 is 0.894. The maximum absolute atomic E-state index is 12.4. The molecule has 0 aliphatic heterocycles. The lowest BCUT2D eigenvalue weighted by Crippen LogP contribution is -2.03. The normalized spacial score (nSPS) is 10.5. The largest absolute Gasteiger partial charge is 0.289 e. The molecule has 0 saturated carbocycles. The maximum Gasteiger partial charge on any atom is 0.194 e. The molecule has 0 atom stereocenters. The molecule has 0 aliphatic carbocycles. The Bertz CT molecular complexity index is 617. The highest BCUT2D eigenvalue weighted by atomic mass is 79.9. The number of aryl methyl sites for hydroxylation is 2. The second-order valence-corrected chi connectivity index (χ2v) is 5.72. The third-order valence-electron chi connectivity index (χ3n) is 3.12. The Balaban J connectivity index is 2.40. The fraction of sp³-hybridized carbons (Fsp3) is 0.188. The maximum atomic E-state index is 12.4. The lowest BCUT2D eigenvalue weighted by atomic mass is 10.0. The van der Waals surface area contributed by atoms with Crippen LogP contribution in [0.1, 0.15) is 34.0 Å². The van der Waals surface area contributed by atoms with Gasteiger partial charge in [-0.2, -0.15) is 0 Å². The summed E-state index contributed by atoms with van der Waals surface area (Å²) in [6.07, 6.45) is 0.964. The van der Waals surface area contributed by atoms with Gasteiger partial charge in [-0.3, -0.25) is 4.79 Å². The van der Waals surface area contributed by atoms with Crippen LogP contribution in [0.25, 0.3) is 0 Å². The Hall–Kier alpha value is -1.12. The summed E-state index contributed by atoms with van der Waals surface area (Å²) in [7, 11) is 0. The van der Waals surface area contributed by atoms with Gasteiger partial charge in [-0.25, -0.2) is 0 Å². The molecule has 0 radical (unpaired) electrons. The van der Waals surface area contributed by atoms with Gasteiger partial charge >= 0.3 is 0 Å². The van der Waals surface area contributed by atoms with Crippen molar-refractivity contribution in [3.63, 3.8) is 0 Å². The molecule has 0 bridgehead atoms. The molecule has 2 aromatic carbocycles. The topological polar surface area (TPSA) is 17.1 Å². The molecule has 98 valence electrons. The van der Waals surface area contributed by atoms with E-state index in [1.165, 1.54) is 5.56 Å². The van der Waals surface area contributed by atoms with E-state index < -0.39 is 0 Å². The molecular formula is C16H14BrClO. The van der Waals surface area contributed by atoms with Crippen LogP contribution < -0.4 is 0 Å². The number of carbonyl (C=O) groups is 1. The summed E-state index contributed by atoms with van der Waals surface area (Å²) in [6.45, 7) is 4.03. The van der Waals surface area contributed by atoms with Crippen molar-refractivity contribution in [3.8, 4) is 0 Å². The lowest BCUT2D eigenvalue weighted by Gasteiger charge is -2.07. The third kappa shape index (κ3) is 3.07. The van der Waals surface area contributed by atoms with Crippen molar-refractivity contribution in [1.82, 2.24) is 0 Å². The van der Waals surface area contributed by atoms with E-state index >= 15 is 0 Å². The molecule has 0 spiro atoms. The molecule has 0 fully saturated rings. The molecule has 0 saturated heterocycles. The predicted molar refractivity (Wildman–Crippen MR) is 83.1 cm³/mol. The van der Waals surface area contributed by atoms with E-state index in [1.54, 1.807) is 12.1 Å². The van der Waals surface area contributed by atoms with E-state index in [-0.39, 0.29) is 5.78 Å². The number of ketones is 1. The molecule has 19 heavy (non-hydrogen) atoms. The summed E-state index contributed by atoms with van der Waals surface area (Å²) in [4.78, 5) is 12.4. The molecule has 0 heterocycles. The molecule has 2 aromatic rings. The zero-order valence-corrected chi connectivity index (χ0v) is 13.2. The molecule has 3 heteroatoms. The van der Waals surface area contributed by atoms with Gasteiger partial charge in [0.15, 0.2) is 5.78 Å². The quantitative estimate of drug-likeness (QED) is 0.703. The van der Waals surface area contributed by atoms with Crippen LogP contribution in [0.5, 0.6) is 0 Å². The molecule has 1 nitrogen and oxygen atoms in total. The second-order valence-electron chi connectivity index (χ2n) is 4.46. The van der Waals surface area contributed by atoms with Gasteiger partial charge in [0, 0.05) is 15.6 Å². The van der Waals surface area contributed by atoms with Crippen LogP contribution in [0.4, 0.5) is 0 Å². The molecule has 0 amide bonds. The van der Waals surface area contributed by atoms with E-state index in [9.17, 15) is 4.79 Å². The van der Waals surface area contributed by atoms with Crippen LogP contribution in [0.15, 0.2) is 40.9 Å². The summed E-state index contributed by atoms with van der Waals surface area (Å²) in [5.41, 5.74) is 3.42. The van der Waals surface area contributed by atoms with Crippen LogP contribution >= 0.6 is 27.5 Å². The van der Waals surface area contributed by atoms with Gasteiger partial charge in [0.05, 0.1) is 5.02 Å². The number of benzene rings is 2. The zero-order valence-electron chi connectivity index (χ0n) is 10.8. The second kappa shape index (κ2) is 5.89. The summed E-state index contributed by atoms with van der Waals surface area (Å²) in [5.74, 6) is -0.0478. The minimum Gasteiger partial charge on any atom is -0.289 e. The fourth-order valence-corrected chi connectivity index (χ4v) is 2.52. The SMILES string of the molecule is CCc1ccc(C(=O)c2cc(Br)c(C)cc2Cl)cc1. The number of carbonyl (C=O) groups excluding carboxylic acids is 1. The van der Waals surface area contributed by atoms with Crippen molar-refractivity contribution < 1.29 is 4.79 Å². The van der Waals surface area contributed by atoms with Crippen molar-refractivity contribution in [3.05, 3.63) is 68.1 Å². The van der Waals surface area contributed by atoms with Crippen molar-refractivity contribution >= 4 is 33.3 Å². The number of hydrogen-bond donors (Lipinski definition) is 0.